The van der Waals surface area contributed by atoms with Crippen molar-refractivity contribution in [2.45, 2.75) is 4.34 Å². The van der Waals surface area contributed by atoms with E-state index in [4.69, 9.17) is 9.84 Å². The highest BCUT2D eigenvalue weighted by Crippen LogP contribution is 2.31. The van der Waals surface area contributed by atoms with Crippen LogP contribution in [-0.2, 0) is 9.59 Å². The van der Waals surface area contributed by atoms with Crippen LogP contribution in [0, 0.1) is 0 Å². The average molecular weight is 528 g/mol. The van der Waals surface area contributed by atoms with Gasteiger partial charge in [0.15, 0.2) is 9.51 Å². The third-order valence-corrected chi connectivity index (χ3v) is 7.26. The molecule has 4 rings (SSSR count). The minimum Gasteiger partial charge on any atom is -0.497 e. The van der Waals surface area contributed by atoms with Crippen LogP contribution in [0.25, 0.3) is 6.08 Å². The molecular formula is C22H17N5O5S3. The molecule has 1 aliphatic heterocycles. The maximum Gasteiger partial charge on any atom is 0.335 e. The first-order valence-electron chi connectivity index (χ1n) is 9.93. The number of carboxylic acid groups (broad SMARTS) is 1. The summed E-state index contributed by atoms with van der Waals surface area (Å²) >= 11 is 3.59. The molecule has 1 aromatic heterocycles. The predicted octanol–water partition coefficient (Wildman–Crippen LogP) is 3.87. The fourth-order valence-corrected chi connectivity index (χ4v) is 5.14. The molecule has 2 amide bonds. The second-order valence-electron chi connectivity index (χ2n) is 6.82. The van der Waals surface area contributed by atoms with Gasteiger partial charge in [-0.3, -0.25) is 9.59 Å². The zero-order chi connectivity index (χ0) is 24.8. The van der Waals surface area contributed by atoms with E-state index in [1.807, 2.05) is 24.3 Å². The average Bonchev–Trinajstić information content (AvgIpc) is 3.44. The molecule has 0 atom stereocenters. The first kappa shape index (κ1) is 24.4. The van der Waals surface area contributed by atoms with Gasteiger partial charge in [0, 0.05) is 5.69 Å². The molecule has 35 heavy (non-hydrogen) atoms. The van der Waals surface area contributed by atoms with E-state index in [1.54, 1.807) is 13.2 Å². The summed E-state index contributed by atoms with van der Waals surface area (Å²) in [5, 5.41) is 23.1. The van der Waals surface area contributed by atoms with Crippen LogP contribution < -0.4 is 15.4 Å². The molecule has 3 aromatic rings. The molecule has 13 heteroatoms. The van der Waals surface area contributed by atoms with E-state index in [0.717, 1.165) is 11.3 Å². The molecule has 2 heterocycles. The third kappa shape index (κ3) is 6.68. The number of amides is 2. The summed E-state index contributed by atoms with van der Waals surface area (Å²) in [5.41, 5.74) is 1.49. The summed E-state index contributed by atoms with van der Waals surface area (Å²) in [6, 6.07) is 13.2. The van der Waals surface area contributed by atoms with Gasteiger partial charge in [-0.1, -0.05) is 35.2 Å². The number of nitrogens with zero attached hydrogens (tertiary/aromatic N) is 3. The summed E-state index contributed by atoms with van der Waals surface area (Å²) in [7, 11) is 1.59. The van der Waals surface area contributed by atoms with E-state index in [2.05, 4.69) is 25.8 Å². The first-order chi connectivity index (χ1) is 16.9. The molecule has 10 nitrogen and oxygen atoms in total. The van der Waals surface area contributed by atoms with Crippen LogP contribution in [-0.4, -0.2) is 51.1 Å². The molecule has 0 aliphatic carbocycles. The third-order valence-electron chi connectivity index (χ3n) is 4.40. The summed E-state index contributed by atoms with van der Waals surface area (Å²) in [6.45, 7) is 0. The number of hydrogen-bond acceptors (Lipinski definition) is 10. The van der Waals surface area contributed by atoms with E-state index in [0.29, 0.717) is 25.2 Å². The summed E-state index contributed by atoms with van der Waals surface area (Å²) in [4.78, 5) is 40.2. The number of aliphatic imine (C=N–C) groups is 1. The lowest BCUT2D eigenvalue weighted by Crippen LogP contribution is -2.19. The standard InChI is InChI=1S/C22H17N5O5S3/c1-32-15-8-2-12(3-9-15)10-16-18(29)24-20(34-16)25-21-26-27-22(35-21)33-11-17(28)23-14-6-4-13(5-7-14)19(30)31/h2-10H,11H2,1H3,(H,23,28)(H,30,31)(H,24,25,26,29)/b16-10-. The number of ether oxygens (including phenoxy) is 1. The predicted molar refractivity (Wildman–Crippen MR) is 136 cm³/mol. The monoisotopic (exact) mass is 527 g/mol. The van der Waals surface area contributed by atoms with Crippen molar-refractivity contribution in [2.24, 2.45) is 4.99 Å². The number of carbonyl (C=O) groups excluding carboxylic acids is 2. The molecule has 1 saturated heterocycles. The minimum absolute atomic E-state index is 0.0894. The van der Waals surface area contributed by atoms with Crippen molar-refractivity contribution in [3.63, 3.8) is 0 Å². The SMILES string of the molecule is COc1ccc(/C=C2\S/C(=N/c3nnc(SCC(=O)Nc4ccc(C(=O)O)cc4)s3)NC2=O)cc1. The summed E-state index contributed by atoms with van der Waals surface area (Å²) in [5.74, 6) is -0.736. The number of hydrogen-bond donors (Lipinski definition) is 3. The molecule has 0 saturated carbocycles. The van der Waals surface area contributed by atoms with Crippen molar-refractivity contribution >= 4 is 74.7 Å². The Morgan fingerprint density at radius 1 is 1.17 bits per heavy atom. The molecule has 178 valence electrons. The highest BCUT2D eigenvalue weighted by molar-refractivity contribution is 8.18. The number of benzene rings is 2. The zero-order valence-electron chi connectivity index (χ0n) is 18.0. The van der Waals surface area contributed by atoms with Crippen LogP contribution in [0.2, 0.25) is 0 Å². The second-order valence-corrected chi connectivity index (χ2v) is 10.0. The van der Waals surface area contributed by atoms with E-state index in [1.165, 1.54) is 59.1 Å². The van der Waals surface area contributed by atoms with Crippen LogP contribution in [0.1, 0.15) is 15.9 Å². The number of anilines is 1. The number of carboxylic acids is 1. The Bertz CT molecular complexity index is 1320. The molecule has 1 fully saturated rings. The van der Waals surface area contributed by atoms with E-state index in [9.17, 15) is 14.4 Å². The summed E-state index contributed by atoms with van der Waals surface area (Å²) in [6.07, 6.45) is 1.76. The fraction of sp³-hybridized carbons (Fsp3) is 0.0909. The van der Waals surface area contributed by atoms with Gasteiger partial charge < -0.3 is 20.5 Å². The van der Waals surface area contributed by atoms with Crippen LogP contribution >= 0.6 is 34.9 Å². The fourth-order valence-electron chi connectivity index (χ4n) is 2.75. The topological polar surface area (TPSA) is 143 Å². The number of aromatic carboxylic acids is 1. The number of aromatic nitrogens is 2. The quantitative estimate of drug-likeness (QED) is 0.294. The van der Waals surface area contributed by atoms with Crippen molar-refractivity contribution < 1.29 is 24.2 Å². The highest BCUT2D eigenvalue weighted by Gasteiger charge is 2.24. The highest BCUT2D eigenvalue weighted by atomic mass is 32.2. The lowest BCUT2D eigenvalue weighted by molar-refractivity contribution is -0.115. The Hall–Kier alpha value is -3.68. The lowest BCUT2D eigenvalue weighted by atomic mass is 10.2. The molecule has 2 aromatic carbocycles. The normalized spacial score (nSPS) is 15.3. The van der Waals surface area contributed by atoms with Gasteiger partial charge in [-0.15, -0.1) is 10.2 Å². The van der Waals surface area contributed by atoms with Crippen molar-refractivity contribution in [3.05, 3.63) is 64.6 Å². The van der Waals surface area contributed by atoms with Gasteiger partial charge in [-0.25, -0.2) is 4.79 Å². The molecular weight excluding hydrogens is 510 g/mol. The number of thioether (sulfide) groups is 2. The number of nitrogens with one attached hydrogen (secondary N) is 2. The maximum absolute atomic E-state index is 12.3. The number of carbonyl (C=O) groups is 3. The van der Waals surface area contributed by atoms with Gasteiger partial charge in [0.25, 0.3) is 5.91 Å². The Labute approximate surface area is 211 Å². The van der Waals surface area contributed by atoms with E-state index < -0.39 is 5.97 Å². The Morgan fingerprint density at radius 2 is 1.91 bits per heavy atom. The number of rotatable bonds is 8. The first-order valence-corrected chi connectivity index (χ1v) is 12.5. The smallest absolute Gasteiger partial charge is 0.335 e. The molecule has 0 bridgehead atoms. The number of amidine groups is 1. The largest absolute Gasteiger partial charge is 0.497 e. The van der Waals surface area contributed by atoms with Crippen molar-refractivity contribution in [1.82, 2.24) is 15.5 Å². The van der Waals surface area contributed by atoms with Crippen molar-refractivity contribution in [1.29, 1.82) is 0 Å². The van der Waals surface area contributed by atoms with E-state index >= 15 is 0 Å². The van der Waals surface area contributed by atoms with Crippen LogP contribution in [0.3, 0.4) is 0 Å². The van der Waals surface area contributed by atoms with Gasteiger partial charge in [0.2, 0.25) is 11.0 Å². The maximum atomic E-state index is 12.3. The van der Waals surface area contributed by atoms with Gasteiger partial charge >= 0.3 is 5.97 Å². The van der Waals surface area contributed by atoms with E-state index in [-0.39, 0.29) is 23.1 Å². The van der Waals surface area contributed by atoms with Crippen LogP contribution in [0.5, 0.6) is 5.75 Å². The zero-order valence-corrected chi connectivity index (χ0v) is 20.5. The van der Waals surface area contributed by atoms with Crippen LogP contribution in [0.4, 0.5) is 10.8 Å². The minimum atomic E-state index is -1.03. The lowest BCUT2D eigenvalue weighted by Gasteiger charge is -2.04. The molecule has 1 aliphatic rings. The Morgan fingerprint density at radius 3 is 2.60 bits per heavy atom. The Kier molecular flexibility index (Phi) is 7.80. The van der Waals surface area contributed by atoms with Gasteiger partial charge in [0.05, 0.1) is 23.3 Å². The van der Waals surface area contributed by atoms with Crippen LogP contribution in [0.15, 0.2) is 62.8 Å². The molecule has 0 spiro atoms. The summed E-state index contributed by atoms with van der Waals surface area (Å²) < 4.78 is 5.68. The van der Waals surface area contributed by atoms with Gasteiger partial charge in [0.1, 0.15) is 5.75 Å². The van der Waals surface area contributed by atoms with Crippen molar-refractivity contribution in [2.75, 3.05) is 18.2 Å². The Balaban J connectivity index is 1.31. The second kappa shape index (κ2) is 11.2. The molecule has 3 N–H and O–H groups in total. The molecule has 0 radical (unpaired) electrons. The van der Waals surface area contributed by atoms with Crippen molar-refractivity contribution in [3.8, 4) is 5.75 Å². The van der Waals surface area contributed by atoms with Gasteiger partial charge in [-0.2, -0.15) is 4.99 Å². The van der Waals surface area contributed by atoms with Gasteiger partial charge in [-0.05, 0) is 59.8 Å². The molecule has 0 unspecified atom stereocenters. The number of methoxy groups -OCH3 is 1.